The summed E-state index contributed by atoms with van der Waals surface area (Å²) in [7, 11) is 0. The topological polar surface area (TPSA) is 76.0 Å². The molecule has 2 N–H and O–H groups in total. The molecule has 0 atom stereocenters. The summed E-state index contributed by atoms with van der Waals surface area (Å²) in [6, 6.07) is 13.8. The molecule has 0 unspecified atom stereocenters. The normalized spacial score (nSPS) is 10.5. The lowest BCUT2D eigenvalue weighted by atomic mass is 10.1. The van der Waals surface area contributed by atoms with E-state index in [4.69, 9.17) is 0 Å². The van der Waals surface area contributed by atoms with Gasteiger partial charge in [-0.15, -0.1) is 0 Å². The lowest BCUT2D eigenvalue weighted by molar-refractivity contribution is 0.0927. The number of rotatable bonds is 6. The van der Waals surface area contributed by atoms with E-state index in [-0.39, 0.29) is 30.5 Å². The zero-order valence-electron chi connectivity index (χ0n) is 15.7. The minimum atomic E-state index is -0.424. The Hall–Kier alpha value is -3.48. The molecule has 1 heterocycles. The number of carbonyl (C=O) groups excluding carboxylic acids is 2. The standard InChI is InChI=1S/C21H21FN4O2/c1-14-8-9-16(12-19(14)22)20(27)23-10-11-24-21(28)18-13-25-26(15(18)2)17-6-4-3-5-7-17/h3-9,12-13H,10-11H2,1-2H3,(H,23,27)(H,24,28). The summed E-state index contributed by atoms with van der Waals surface area (Å²) < 4.78 is 15.2. The van der Waals surface area contributed by atoms with Crippen LogP contribution in [-0.4, -0.2) is 34.7 Å². The zero-order chi connectivity index (χ0) is 20.1. The van der Waals surface area contributed by atoms with Gasteiger partial charge in [0.15, 0.2) is 0 Å². The van der Waals surface area contributed by atoms with Crippen LogP contribution in [0.4, 0.5) is 4.39 Å². The predicted octanol–water partition coefficient (Wildman–Crippen LogP) is 2.79. The van der Waals surface area contributed by atoms with Gasteiger partial charge in [0.1, 0.15) is 5.82 Å². The molecule has 2 amide bonds. The van der Waals surface area contributed by atoms with E-state index in [0.29, 0.717) is 11.1 Å². The first-order chi connectivity index (χ1) is 13.5. The number of hydrogen-bond donors (Lipinski definition) is 2. The van der Waals surface area contributed by atoms with Gasteiger partial charge in [-0.3, -0.25) is 9.59 Å². The number of aryl methyl sites for hydroxylation is 1. The maximum absolute atomic E-state index is 13.5. The number of amides is 2. The van der Waals surface area contributed by atoms with Crippen molar-refractivity contribution >= 4 is 11.8 Å². The Bertz CT molecular complexity index is 999. The Morgan fingerprint density at radius 2 is 1.68 bits per heavy atom. The second kappa shape index (κ2) is 8.47. The molecule has 0 aliphatic heterocycles. The Morgan fingerprint density at radius 3 is 2.36 bits per heavy atom. The number of nitrogens with zero attached hydrogens (tertiary/aromatic N) is 2. The van der Waals surface area contributed by atoms with Gasteiger partial charge in [0.05, 0.1) is 23.1 Å². The monoisotopic (exact) mass is 380 g/mol. The number of nitrogens with one attached hydrogen (secondary N) is 2. The maximum Gasteiger partial charge on any atom is 0.254 e. The second-order valence-electron chi connectivity index (χ2n) is 6.37. The molecule has 6 nitrogen and oxygen atoms in total. The summed E-state index contributed by atoms with van der Waals surface area (Å²) in [5.41, 5.74) is 2.79. The fraction of sp³-hybridized carbons (Fsp3) is 0.190. The quantitative estimate of drug-likeness (QED) is 0.646. The number of halogens is 1. The molecule has 3 rings (SSSR count). The van der Waals surface area contributed by atoms with E-state index in [0.717, 1.165) is 11.4 Å². The van der Waals surface area contributed by atoms with Crippen LogP contribution in [0.1, 0.15) is 32.0 Å². The fourth-order valence-corrected chi connectivity index (χ4v) is 2.75. The van der Waals surface area contributed by atoms with Crippen LogP contribution in [-0.2, 0) is 0 Å². The Morgan fingerprint density at radius 1 is 1.00 bits per heavy atom. The molecule has 0 fully saturated rings. The lowest BCUT2D eigenvalue weighted by Crippen LogP contribution is -2.34. The first-order valence-electron chi connectivity index (χ1n) is 8.90. The van der Waals surface area contributed by atoms with Gasteiger partial charge < -0.3 is 10.6 Å². The van der Waals surface area contributed by atoms with E-state index in [9.17, 15) is 14.0 Å². The van der Waals surface area contributed by atoms with Crippen molar-refractivity contribution in [3.63, 3.8) is 0 Å². The molecule has 1 aromatic heterocycles. The average Bonchev–Trinajstić information content (AvgIpc) is 3.09. The molecule has 0 bridgehead atoms. The average molecular weight is 380 g/mol. The summed E-state index contributed by atoms with van der Waals surface area (Å²) in [6.45, 7) is 3.93. The van der Waals surface area contributed by atoms with Crippen LogP contribution >= 0.6 is 0 Å². The fourth-order valence-electron chi connectivity index (χ4n) is 2.75. The number of para-hydroxylation sites is 1. The van der Waals surface area contributed by atoms with Gasteiger partial charge in [0, 0.05) is 18.7 Å². The third-order valence-corrected chi connectivity index (χ3v) is 4.39. The third-order valence-electron chi connectivity index (χ3n) is 4.39. The van der Waals surface area contributed by atoms with Crippen molar-refractivity contribution in [3.8, 4) is 5.69 Å². The molecular formula is C21H21FN4O2. The molecule has 0 saturated heterocycles. The van der Waals surface area contributed by atoms with E-state index >= 15 is 0 Å². The molecule has 7 heteroatoms. The van der Waals surface area contributed by atoms with Crippen molar-refractivity contribution in [1.29, 1.82) is 0 Å². The van der Waals surface area contributed by atoms with Crippen molar-refractivity contribution in [2.24, 2.45) is 0 Å². The molecule has 0 saturated carbocycles. The van der Waals surface area contributed by atoms with Crippen molar-refractivity contribution in [3.05, 3.63) is 82.9 Å². The van der Waals surface area contributed by atoms with Crippen molar-refractivity contribution in [2.45, 2.75) is 13.8 Å². The highest BCUT2D eigenvalue weighted by molar-refractivity contribution is 5.95. The summed E-state index contributed by atoms with van der Waals surface area (Å²) >= 11 is 0. The van der Waals surface area contributed by atoms with Crippen LogP contribution in [0.15, 0.2) is 54.7 Å². The number of aromatic nitrogens is 2. The summed E-state index contributed by atoms with van der Waals surface area (Å²) in [5, 5.41) is 9.68. The largest absolute Gasteiger partial charge is 0.350 e. The van der Waals surface area contributed by atoms with Gasteiger partial charge in [0.25, 0.3) is 11.8 Å². The molecular weight excluding hydrogens is 359 g/mol. The predicted molar refractivity (Wildman–Crippen MR) is 104 cm³/mol. The molecule has 0 aliphatic carbocycles. The molecule has 2 aromatic carbocycles. The van der Waals surface area contributed by atoms with Gasteiger partial charge in [-0.2, -0.15) is 5.10 Å². The first-order valence-corrected chi connectivity index (χ1v) is 8.90. The second-order valence-corrected chi connectivity index (χ2v) is 6.37. The Labute approximate surface area is 162 Å². The van der Waals surface area contributed by atoms with Gasteiger partial charge >= 0.3 is 0 Å². The molecule has 0 radical (unpaired) electrons. The van der Waals surface area contributed by atoms with Crippen LogP contribution in [0.5, 0.6) is 0 Å². The van der Waals surface area contributed by atoms with E-state index in [2.05, 4.69) is 15.7 Å². The van der Waals surface area contributed by atoms with Crippen molar-refractivity contribution in [2.75, 3.05) is 13.1 Å². The van der Waals surface area contributed by atoms with Gasteiger partial charge in [-0.1, -0.05) is 24.3 Å². The SMILES string of the molecule is Cc1ccc(C(=O)NCCNC(=O)c2cnn(-c3ccccc3)c2C)cc1F. The summed E-state index contributed by atoms with van der Waals surface area (Å²) in [4.78, 5) is 24.4. The number of benzene rings is 2. The van der Waals surface area contributed by atoms with Crippen molar-refractivity contribution in [1.82, 2.24) is 20.4 Å². The molecule has 0 aliphatic rings. The third kappa shape index (κ3) is 4.25. The Kier molecular flexibility index (Phi) is 5.84. The zero-order valence-corrected chi connectivity index (χ0v) is 15.7. The maximum atomic E-state index is 13.5. The van der Waals surface area contributed by atoms with Crippen LogP contribution < -0.4 is 10.6 Å². The van der Waals surface area contributed by atoms with E-state index in [1.807, 2.05) is 37.3 Å². The highest BCUT2D eigenvalue weighted by Crippen LogP contribution is 2.13. The molecule has 28 heavy (non-hydrogen) atoms. The molecule has 144 valence electrons. The van der Waals surface area contributed by atoms with E-state index < -0.39 is 5.82 Å². The van der Waals surface area contributed by atoms with Gasteiger partial charge in [-0.05, 0) is 43.7 Å². The highest BCUT2D eigenvalue weighted by Gasteiger charge is 2.15. The van der Waals surface area contributed by atoms with E-state index in [1.165, 1.54) is 12.3 Å². The van der Waals surface area contributed by atoms with Crippen LogP contribution in [0.2, 0.25) is 0 Å². The number of carbonyl (C=O) groups is 2. The number of hydrogen-bond acceptors (Lipinski definition) is 3. The lowest BCUT2D eigenvalue weighted by Gasteiger charge is -2.08. The van der Waals surface area contributed by atoms with Crippen molar-refractivity contribution < 1.29 is 14.0 Å². The van der Waals surface area contributed by atoms with Crippen LogP contribution in [0, 0.1) is 19.7 Å². The van der Waals surface area contributed by atoms with Crippen LogP contribution in [0.3, 0.4) is 0 Å². The molecule has 0 spiro atoms. The van der Waals surface area contributed by atoms with Gasteiger partial charge in [0.2, 0.25) is 0 Å². The highest BCUT2D eigenvalue weighted by atomic mass is 19.1. The molecule has 3 aromatic rings. The Balaban J connectivity index is 1.53. The minimum Gasteiger partial charge on any atom is -0.350 e. The minimum absolute atomic E-state index is 0.228. The summed E-state index contributed by atoms with van der Waals surface area (Å²) in [6.07, 6.45) is 1.52. The summed E-state index contributed by atoms with van der Waals surface area (Å²) in [5.74, 6) is -1.08. The first kappa shape index (κ1) is 19.3. The van der Waals surface area contributed by atoms with Crippen LogP contribution in [0.25, 0.3) is 5.69 Å². The van der Waals surface area contributed by atoms with E-state index in [1.54, 1.807) is 23.7 Å². The smallest absolute Gasteiger partial charge is 0.254 e. The van der Waals surface area contributed by atoms with Gasteiger partial charge in [-0.25, -0.2) is 9.07 Å².